The number of thiocarbonyl (C=S) groups is 1. The number of piperidine rings is 1. The fourth-order valence-electron chi connectivity index (χ4n) is 4.22. The number of aliphatic hydroxyl groups is 1. The topological polar surface area (TPSA) is 56.1 Å². The van der Waals surface area contributed by atoms with Gasteiger partial charge < -0.3 is 10.0 Å². The number of isothiocyanates is 1. The van der Waals surface area contributed by atoms with E-state index in [1.54, 1.807) is 0 Å². The van der Waals surface area contributed by atoms with Gasteiger partial charge in [-0.05, 0) is 54.4 Å². The van der Waals surface area contributed by atoms with E-state index in [1.807, 2.05) is 66.4 Å². The molecule has 3 rings (SSSR count). The predicted molar refractivity (Wildman–Crippen MR) is 124 cm³/mol. The second-order valence-electron chi connectivity index (χ2n) is 7.86. The molecule has 0 aromatic heterocycles. The summed E-state index contributed by atoms with van der Waals surface area (Å²) in [6.07, 6.45) is 0.808. The van der Waals surface area contributed by atoms with E-state index in [0.29, 0.717) is 18.9 Å². The van der Waals surface area contributed by atoms with Gasteiger partial charge in [0.25, 0.3) is 0 Å². The quantitative estimate of drug-likeness (QED) is 0.522. The molecule has 1 amide bonds. The van der Waals surface area contributed by atoms with Crippen molar-refractivity contribution in [3.05, 3.63) is 60.2 Å². The number of aliphatic imine (C=N–C) groups is 1. The average Bonchev–Trinajstić information content (AvgIpc) is 2.76. The molecular weight excluding hydrogens is 394 g/mol. The van der Waals surface area contributed by atoms with Crippen molar-refractivity contribution in [3.8, 4) is 0 Å². The number of rotatable bonds is 7. The summed E-state index contributed by atoms with van der Waals surface area (Å²) < 4.78 is 0. The predicted octanol–water partition coefficient (Wildman–Crippen LogP) is 4.61. The second-order valence-corrected chi connectivity index (χ2v) is 8.04. The van der Waals surface area contributed by atoms with Crippen molar-refractivity contribution in [1.29, 1.82) is 0 Å². The number of anilines is 1. The Morgan fingerprint density at radius 2 is 1.97 bits per heavy atom. The minimum absolute atomic E-state index is 0.158. The van der Waals surface area contributed by atoms with Crippen molar-refractivity contribution in [1.82, 2.24) is 4.90 Å². The number of likely N-dealkylation sites (tertiary alicyclic amines) is 1. The average molecular weight is 424 g/mol. The molecule has 3 unspecified atom stereocenters. The number of benzene rings is 2. The highest BCUT2D eigenvalue weighted by molar-refractivity contribution is 7.78. The molecule has 1 aliphatic heterocycles. The first-order valence-corrected chi connectivity index (χ1v) is 10.9. The van der Waals surface area contributed by atoms with Crippen molar-refractivity contribution in [3.63, 3.8) is 0 Å². The molecule has 5 nitrogen and oxygen atoms in total. The van der Waals surface area contributed by atoms with Crippen LogP contribution >= 0.6 is 12.2 Å². The van der Waals surface area contributed by atoms with Crippen LogP contribution < -0.4 is 4.90 Å². The summed E-state index contributed by atoms with van der Waals surface area (Å²) in [4.78, 5) is 20.9. The zero-order valence-electron chi connectivity index (χ0n) is 17.6. The van der Waals surface area contributed by atoms with Gasteiger partial charge in [0.1, 0.15) is 0 Å². The summed E-state index contributed by atoms with van der Waals surface area (Å²) in [6, 6.07) is 17.5. The van der Waals surface area contributed by atoms with E-state index < -0.39 is 6.10 Å². The SMILES string of the molecule is CCC(=O)N(c1ccccc1)C1CCN(CC(O)c2ccc(N=C=S)cc2)CC1C. The molecule has 2 aromatic carbocycles. The Kier molecular flexibility index (Phi) is 7.88. The van der Waals surface area contributed by atoms with Gasteiger partial charge in [-0.1, -0.05) is 44.2 Å². The van der Waals surface area contributed by atoms with E-state index in [1.165, 1.54) is 0 Å². The molecule has 1 aliphatic rings. The van der Waals surface area contributed by atoms with Gasteiger partial charge in [-0.3, -0.25) is 9.69 Å². The molecular formula is C24H29N3O2S. The summed E-state index contributed by atoms with van der Waals surface area (Å²) in [5.74, 6) is 0.464. The maximum Gasteiger partial charge on any atom is 0.226 e. The summed E-state index contributed by atoms with van der Waals surface area (Å²) in [5.41, 5.74) is 2.56. The lowest BCUT2D eigenvalue weighted by Gasteiger charge is -2.43. The Labute approximate surface area is 184 Å². The van der Waals surface area contributed by atoms with Crippen LogP contribution in [-0.4, -0.2) is 46.8 Å². The zero-order chi connectivity index (χ0) is 21.5. The van der Waals surface area contributed by atoms with Crippen LogP contribution in [0.25, 0.3) is 0 Å². The van der Waals surface area contributed by atoms with Crippen LogP contribution in [0.3, 0.4) is 0 Å². The molecule has 6 heteroatoms. The van der Waals surface area contributed by atoms with E-state index >= 15 is 0 Å². The Bertz CT molecular complexity index is 881. The number of amides is 1. The smallest absolute Gasteiger partial charge is 0.226 e. The first-order chi connectivity index (χ1) is 14.5. The van der Waals surface area contributed by atoms with E-state index in [2.05, 4.69) is 34.2 Å². The summed E-state index contributed by atoms with van der Waals surface area (Å²) in [7, 11) is 0. The van der Waals surface area contributed by atoms with E-state index in [-0.39, 0.29) is 11.9 Å². The summed E-state index contributed by atoms with van der Waals surface area (Å²) in [6.45, 7) is 6.37. The lowest BCUT2D eigenvalue weighted by atomic mass is 9.91. The molecule has 0 aliphatic carbocycles. The molecule has 30 heavy (non-hydrogen) atoms. The maximum atomic E-state index is 12.7. The lowest BCUT2D eigenvalue weighted by Crippen LogP contribution is -2.52. The fraction of sp³-hybridized carbons (Fsp3) is 0.417. The normalized spacial score (nSPS) is 20.2. The highest BCUT2D eigenvalue weighted by atomic mass is 32.1. The van der Waals surface area contributed by atoms with Gasteiger partial charge in [0.2, 0.25) is 5.91 Å². The number of hydrogen-bond donors (Lipinski definition) is 1. The number of β-amino-alcohol motifs (C(OH)–C–C–N with tert-alkyl or cyclic N) is 1. The van der Waals surface area contributed by atoms with Gasteiger partial charge in [0.15, 0.2) is 0 Å². The monoisotopic (exact) mass is 423 g/mol. The van der Waals surface area contributed by atoms with Crippen LogP contribution in [0.4, 0.5) is 11.4 Å². The molecule has 1 heterocycles. The van der Waals surface area contributed by atoms with Gasteiger partial charge >= 0.3 is 0 Å². The number of carbonyl (C=O) groups is 1. The van der Waals surface area contributed by atoms with Gasteiger partial charge in [-0.15, -0.1) is 0 Å². The van der Waals surface area contributed by atoms with Gasteiger partial charge in [-0.25, -0.2) is 0 Å². The van der Waals surface area contributed by atoms with Gasteiger partial charge in [0, 0.05) is 37.8 Å². The van der Waals surface area contributed by atoms with E-state index in [9.17, 15) is 9.90 Å². The van der Waals surface area contributed by atoms with E-state index in [0.717, 1.165) is 36.4 Å². The maximum absolute atomic E-state index is 12.7. The Balaban J connectivity index is 1.65. The molecule has 2 aromatic rings. The minimum atomic E-state index is -0.568. The Hall–Kier alpha value is -2.37. The first-order valence-electron chi connectivity index (χ1n) is 10.5. The number of aliphatic hydroxyl groups excluding tert-OH is 1. The molecule has 3 atom stereocenters. The van der Waals surface area contributed by atoms with E-state index in [4.69, 9.17) is 0 Å². The molecule has 158 valence electrons. The van der Waals surface area contributed by atoms with Crippen LogP contribution in [0.5, 0.6) is 0 Å². The van der Waals surface area contributed by atoms with Crippen LogP contribution in [0.1, 0.15) is 38.4 Å². The summed E-state index contributed by atoms with van der Waals surface area (Å²) in [5, 5.41) is 13.0. The molecule has 0 bridgehead atoms. The summed E-state index contributed by atoms with van der Waals surface area (Å²) >= 11 is 4.62. The van der Waals surface area contributed by atoms with Gasteiger partial charge in [0.05, 0.1) is 17.0 Å². The van der Waals surface area contributed by atoms with Crippen LogP contribution in [-0.2, 0) is 4.79 Å². The molecule has 1 saturated heterocycles. The zero-order valence-corrected chi connectivity index (χ0v) is 18.4. The third kappa shape index (κ3) is 5.41. The van der Waals surface area contributed by atoms with Crippen LogP contribution in [0, 0.1) is 5.92 Å². The number of nitrogens with zero attached hydrogens (tertiary/aromatic N) is 3. The number of hydrogen-bond acceptors (Lipinski definition) is 5. The highest BCUT2D eigenvalue weighted by Crippen LogP contribution is 2.29. The minimum Gasteiger partial charge on any atom is -0.387 e. The second kappa shape index (κ2) is 10.6. The van der Waals surface area contributed by atoms with Crippen LogP contribution in [0.15, 0.2) is 59.6 Å². The largest absolute Gasteiger partial charge is 0.387 e. The molecule has 1 N–H and O–H groups in total. The first kappa shape index (κ1) is 22.3. The van der Waals surface area contributed by atoms with Crippen molar-refractivity contribution in [2.75, 3.05) is 24.5 Å². The molecule has 0 radical (unpaired) electrons. The van der Waals surface area contributed by atoms with Gasteiger partial charge in [-0.2, -0.15) is 4.99 Å². The standard InChI is InChI=1S/C24H29N3O2S/c1-3-24(29)27(21-7-5-4-6-8-21)22-13-14-26(15-18(22)2)16-23(28)19-9-11-20(12-10-19)25-17-30/h4-12,18,22-23,28H,3,13-16H2,1-2H3. The van der Waals surface area contributed by atoms with Crippen molar-refractivity contribution < 1.29 is 9.90 Å². The van der Waals surface area contributed by atoms with Crippen molar-refractivity contribution >= 4 is 34.7 Å². The number of para-hydroxylation sites is 1. The Morgan fingerprint density at radius 3 is 2.57 bits per heavy atom. The third-order valence-electron chi connectivity index (χ3n) is 5.77. The molecule has 1 fully saturated rings. The number of carbonyl (C=O) groups excluding carboxylic acids is 1. The fourth-order valence-corrected chi connectivity index (χ4v) is 4.33. The highest BCUT2D eigenvalue weighted by Gasteiger charge is 2.34. The molecule has 0 spiro atoms. The van der Waals surface area contributed by atoms with Crippen LogP contribution in [0.2, 0.25) is 0 Å². The Morgan fingerprint density at radius 1 is 1.27 bits per heavy atom. The lowest BCUT2D eigenvalue weighted by molar-refractivity contribution is -0.119. The van der Waals surface area contributed by atoms with Crippen molar-refractivity contribution in [2.24, 2.45) is 10.9 Å². The molecule has 0 saturated carbocycles. The third-order valence-corrected chi connectivity index (χ3v) is 5.86. The van der Waals surface area contributed by atoms with Crippen molar-refractivity contribution in [2.45, 2.75) is 38.8 Å².